The molecule has 3 saturated heterocycles. The quantitative estimate of drug-likeness (QED) is 0.754. The molecule has 0 amide bonds. The zero-order valence-corrected chi connectivity index (χ0v) is 14.8. The van der Waals surface area contributed by atoms with Gasteiger partial charge < -0.3 is 9.88 Å². The van der Waals surface area contributed by atoms with Crippen LogP contribution < -0.4 is 4.90 Å². The first kappa shape index (κ1) is 14.4. The lowest BCUT2D eigenvalue weighted by atomic mass is 9.86. The van der Waals surface area contributed by atoms with E-state index in [0.717, 1.165) is 30.1 Å². The number of rotatable bonds is 3. The standard InChI is InChI=1S/C18H18BrN5/c19-17-7-22-18(8-21-17)23-10-14-6-15(11-23)24(14)9-12-1-2-16-13(5-12)3-4-20-16/h1-5,7-8,14-15,20H,6,9-11H2/t14-,15?/m1/s1. The molecule has 24 heavy (non-hydrogen) atoms. The van der Waals surface area contributed by atoms with Gasteiger partial charge in [0.1, 0.15) is 10.4 Å². The van der Waals surface area contributed by atoms with Crippen molar-refractivity contribution in [1.29, 1.82) is 0 Å². The molecule has 3 aliphatic heterocycles. The number of benzene rings is 1. The molecule has 0 aliphatic carbocycles. The molecule has 5 nitrogen and oxygen atoms in total. The SMILES string of the molecule is Brc1cnc(N2CC3C[C@H](C2)N3Cc2ccc3[nH]ccc3c2)cn1. The Morgan fingerprint density at radius 3 is 2.79 bits per heavy atom. The summed E-state index contributed by atoms with van der Waals surface area (Å²) in [7, 11) is 0. The summed E-state index contributed by atoms with van der Waals surface area (Å²) in [4.78, 5) is 17.0. The van der Waals surface area contributed by atoms with E-state index in [2.05, 4.69) is 64.9 Å². The molecule has 2 bridgehead atoms. The van der Waals surface area contributed by atoms with Gasteiger partial charge in [0.15, 0.2) is 0 Å². The summed E-state index contributed by atoms with van der Waals surface area (Å²) in [5.74, 6) is 0.987. The first-order chi connectivity index (χ1) is 11.8. The Labute approximate surface area is 148 Å². The lowest BCUT2D eigenvalue weighted by Crippen LogP contribution is -2.68. The maximum absolute atomic E-state index is 4.49. The van der Waals surface area contributed by atoms with Crippen LogP contribution in [0.2, 0.25) is 0 Å². The summed E-state index contributed by atoms with van der Waals surface area (Å²) in [6.07, 6.45) is 6.94. The van der Waals surface area contributed by atoms with Crippen LogP contribution in [0.1, 0.15) is 12.0 Å². The van der Waals surface area contributed by atoms with Crippen LogP contribution in [0, 0.1) is 0 Å². The molecule has 6 heteroatoms. The van der Waals surface area contributed by atoms with E-state index in [0.29, 0.717) is 12.1 Å². The molecule has 0 saturated carbocycles. The second-order valence-electron chi connectivity index (χ2n) is 6.72. The predicted molar refractivity (Wildman–Crippen MR) is 98.0 cm³/mol. The number of fused-ring (bicyclic) bond motifs is 3. The van der Waals surface area contributed by atoms with Gasteiger partial charge in [-0.2, -0.15) is 0 Å². The van der Waals surface area contributed by atoms with Gasteiger partial charge in [0.05, 0.1) is 12.4 Å². The number of halogens is 1. The summed E-state index contributed by atoms with van der Waals surface area (Å²) in [6.45, 7) is 3.12. The van der Waals surface area contributed by atoms with Crippen molar-refractivity contribution in [3.63, 3.8) is 0 Å². The molecule has 0 radical (unpaired) electrons. The van der Waals surface area contributed by atoms with E-state index >= 15 is 0 Å². The summed E-state index contributed by atoms with van der Waals surface area (Å²) >= 11 is 3.35. The average Bonchev–Trinajstić information content (AvgIpc) is 3.08. The minimum absolute atomic E-state index is 0.621. The fourth-order valence-electron chi connectivity index (χ4n) is 4.01. The Bertz CT molecular complexity index is 863. The summed E-state index contributed by atoms with van der Waals surface area (Å²) in [6, 6.07) is 10.1. The fraction of sp³-hybridized carbons (Fsp3) is 0.333. The number of hydrogen-bond acceptors (Lipinski definition) is 4. The highest BCUT2D eigenvalue weighted by Crippen LogP contribution is 2.35. The summed E-state index contributed by atoms with van der Waals surface area (Å²) < 4.78 is 0.787. The minimum Gasteiger partial charge on any atom is -0.361 e. The third-order valence-corrected chi connectivity index (χ3v) is 5.67. The summed E-state index contributed by atoms with van der Waals surface area (Å²) in [5, 5.41) is 1.30. The van der Waals surface area contributed by atoms with E-state index in [1.54, 1.807) is 6.20 Å². The van der Waals surface area contributed by atoms with E-state index < -0.39 is 0 Å². The van der Waals surface area contributed by atoms with E-state index in [4.69, 9.17) is 0 Å². The number of nitrogens with one attached hydrogen (secondary N) is 1. The van der Waals surface area contributed by atoms with E-state index in [1.165, 1.54) is 22.9 Å². The normalized spacial score (nSPS) is 23.5. The van der Waals surface area contributed by atoms with Crippen LogP contribution in [-0.4, -0.2) is 45.0 Å². The van der Waals surface area contributed by atoms with Crippen LogP contribution in [-0.2, 0) is 6.54 Å². The minimum atomic E-state index is 0.621. The average molecular weight is 384 g/mol. The third kappa shape index (κ3) is 2.41. The Morgan fingerprint density at radius 2 is 2.00 bits per heavy atom. The predicted octanol–water partition coefficient (Wildman–Crippen LogP) is 3.18. The van der Waals surface area contributed by atoms with E-state index in [-0.39, 0.29) is 0 Å². The van der Waals surface area contributed by atoms with Crippen molar-refractivity contribution < 1.29 is 0 Å². The van der Waals surface area contributed by atoms with Gasteiger partial charge in [-0.05, 0) is 51.5 Å². The topological polar surface area (TPSA) is 48.1 Å². The summed E-state index contributed by atoms with van der Waals surface area (Å²) in [5.41, 5.74) is 2.61. The van der Waals surface area contributed by atoms with E-state index in [9.17, 15) is 0 Å². The van der Waals surface area contributed by atoms with Gasteiger partial charge in [-0.25, -0.2) is 9.97 Å². The number of nitrogens with zero attached hydrogens (tertiary/aromatic N) is 4. The van der Waals surface area contributed by atoms with Crippen LogP contribution in [0.5, 0.6) is 0 Å². The molecule has 3 fully saturated rings. The Hall–Kier alpha value is -1.92. The first-order valence-corrected chi connectivity index (χ1v) is 9.10. The number of H-pyrrole nitrogens is 1. The van der Waals surface area contributed by atoms with Gasteiger partial charge in [0.2, 0.25) is 0 Å². The van der Waals surface area contributed by atoms with Crippen molar-refractivity contribution in [2.75, 3.05) is 18.0 Å². The highest BCUT2D eigenvalue weighted by Gasteiger charge is 2.44. The van der Waals surface area contributed by atoms with Crippen molar-refractivity contribution in [3.8, 4) is 0 Å². The van der Waals surface area contributed by atoms with Gasteiger partial charge in [0, 0.05) is 43.4 Å². The first-order valence-electron chi connectivity index (χ1n) is 8.30. The molecular formula is C18H18BrN5. The molecule has 3 aromatic rings. The Balaban J connectivity index is 1.29. The maximum atomic E-state index is 4.49. The monoisotopic (exact) mass is 383 g/mol. The van der Waals surface area contributed by atoms with Gasteiger partial charge >= 0.3 is 0 Å². The molecule has 1 aromatic carbocycles. The largest absolute Gasteiger partial charge is 0.361 e. The lowest BCUT2D eigenvalue weighted by molar-refractivity contribution is -0.00867. The van der Waals surface area contributed by atoms with Crippen molar-refractivity contribution in [1.82, 2.24) is 19.9 Å². The molecule has 2 atom stereocenters. The molecule has 6 rings (SSSR count). The Kier molecular flexibility index (Phi) is 3.35. The third-order valence-electron chi connectivity index (χ3n) is 5.26. The molecular weight excluding hydrogens is 366 g/mol. The van der Waals surface area contributed by atoms with Crippen LogP contribution in [0.25, 0.3) is 10.9 Å². The number of aromatic amines is 1. The van der Waals surface area contributed by atoms with E-state index in [1.807, 2.05) is 12.4 Å². The molecule has 122 valence electrons. The van der Waals surface area contributed by atoms with Gasteiger partial charge in [-0.1, -0.05) is 6.07 Å². The number of piperazine rings is 1. The second kappa shape index (κ2) is 5.57. The van der Waals surface area contributed by atoms with Crippen LogP contribution in [0.15, 0.2) is 47.5 Å². The van der Waals surface area contributed by atoms with Gasteiger partial charge in [-0.15, -0.1) is 0 Å². The zero-order valence-electron chi connectivity index (χ0n) is 13.2. The molecule has 0 spiro atoms. The highest BCUT2D eigenvalue weighted by atomic mass is 79.9. The number of piperidine rings is 1. The fourth-order valence-corrected chi connectivity index (χ4v) is 4.22. The number of aromatic nitrogens is 3. The highest BCUT2D eigenvalue weighted by molar-refractivity contribution is 9.10. The molecule has 5 heterocycles. The molecule has 3 aliphatic rings. The maximum Gasteiger partial charge on any atom is 0.147 e. The number of hydrogen-bond donors (Lipinski definition) is 1. The van der Waals surface area contributed by atoms with Crippen molar-refractivity contribution >= 4 is 32.7 Å². The Morgan fingerprint density at radius 1 is 1.12 bits per heavy atom. The van der Waals surface area contributed by atoms with Crippen molar-refractivity contribution in [3.05, 3.63) is 53.0 Å². The number of anilines is 1. The molecule has 1 unspecified atom stereocenters. The molecule has 1 N–H and O–H groups in total. The van der Waals surface area contributed by atoms with Crippen molar-refractivity contribution in [2.45, 2.75) is 25.0 Å². The smallest absolute Gasteiger partial charge is 0.147 e. The van der Waals surface area contributed by atoms with Crippen molar-refractivity contribution in [2.24, 2.45) is 0 Å². The van der Waals surface area contributed by atoms with Gasteiger partial charge in [0.25, 0.3) is 0 Å². The van der Waals surface area contributed by atoms with Crippen LogP contribution in [0.3, 0.4) is 0 Å². The lowest BCUT2D eigenvalue weighted by Gasteiger charge is -2.56. The van der Waals surface area contributed by atoms with Crippen LogP contribution >= 0.6 is 15.9 Å². The molecule has 2 aromatic heterocycles. The second-order valence-corrected chi connectivity index (χ2v) is 7.53. The van der Waals surface area contributed by atoms with Crippen LogP contribution in [0.4, 0.5) is 5.82 Å². The van der Waals surface area contributed by atoms with Gasteiger partial charge in [-0.3, -0.25) is 4.90 Å². The zero-order chi connectivity index (χ0) is 16.1.